The fraction of sp³-hybridized carbons (Fsp3) is 0.250. The van der Waals surface area contributed by atoms with Gasteiger partial charge in [0.05, 0.1) is 18.2 Å². The first kappa shape index (κ1) is 15.8. The third kappa shape index (κ3) is 4.43. The fourth-order valence-electron chi connectivity index (χ4n) is 1.95. The number of aliphatic hydroxyl groups is 1. The summed E-state index contributed by atoms with van der Waals surface area (Å²) in [6.45, 7) is 0.897. The fourth-order valence-corrected chi connectivity index (χ4v) is 2.15. The van der Waals surface area contributed by atoms with E-state index in [0.717, 1.165) is 16.9 Å². The predicted molar refractivity (Wildman–Crippen MR) is 81.1 cm³/mol. The highest BCUT2D eigenvalue weighted by Crippen LogP contribution is 2.18. The number of rotatable bonds is 6. The molecule has 0 fully saturated rings. The van der Waals surface area contributed by atoms with Gasteiger partial charge >= 0.3 is 0 Å². The second kappa shape index (κ2) is 7.41. The first-order valence-corrected chi connectivity index (χ1v) is 6.94. The van der Waals surface area contributed by atoms with Crippen LogP contribution in [-0.4, -0.2) is 18.8 Å². The molecule has 1 atom stereocenters. The Morgan fingerprint density at radius 2 is 1.95 bits per heavy atom. The molecule has 0 spiro atoms. The Morgan fingerprint density at radius 3 is 2.57 bits per heavy atom. The van der Waals surface area contributed by atoms with Crippen LogP contribution in [0.25, 0.3) is 0 Å². The molecular formula is C16H17ClFNO2. The van der Waals surface area contributed by atoms with Crippen molar-refractivity contribution < 1.29 is 14.2 Å². The maximum Gasteiger partial charge on any atom is 0.141 e. The minimum absolute atomic E-state index is 0.102. The molecule has 112 valence electrons. The first-order chi connectivity index (χ1) is 10.1. The Bertz CT molecular complexity index is 589. The SMILES string of the molecule is COc1ccc(C(O)CNCc2ccc(F)c(Cl)c2)cc1. The molecule has 0 bridgehead atoms. The number of benzene rings is 2. The van der Waals surface area contributed by atoms with Crippen LogP contribution in [0.5, 0.6) is 5.75 Å². The van der Waals surface area contributed by atoms with E-state index in [0.29, 0.717) is 13.1 Å². The number of aliphatic hydroxyl groups excluding tert-OH is 1. The number of hydrogen-bond donors (Lipinski definition) is 2. The number of ether oxygens (including phenoxy) is 1. The van der Waals surface area contributed by atoms with Crippen LogP contribution in [0.3, 0.4) is 0 Å². The zero-order valence-corrected chi connectivity index (χ0v) is 12.4. The van der Waals surface area contributed by atoms with Crippen LogP contribution >= 0.6 is 11.6 Å². The van der Waals surface area contributed by atoms with Crippen LogP contribution in [0.1, 0.15) is 17.2 Å². The number of hydrogen-bond acceptors (Lipinski definition) is 3. The summed E-state index contributed by atoms with van der Waals surface area (Å²) in [5.74, 6) is 0.318. The zero-order valence-electron chi connectivity index (χ0n) is 11.6. The highest BCUT2D eigenvalue weighted by molar-refractivity contribution is 6.30. The van der Waals surface area contributed by atoms with Gasteiger partial charge in [0.15, 0.2) is 0 Å². The molecule has 0 aromatic heterocycles. The van der Waals surface area contributed by atoms with E-state index >= 15 is 0 Å². The highest BCUT2D eigenvalue weighted by Gasteiger charge is 2.07. The van der Waals surface area contributed by atoms with Crippen LogP contribution in [0.2, 0.25) is 5.02 Å². The van der Waals surface area contributed by atoms with Gasteiger partial charge in [0, 0.05) is 13.1 Å². The van der Waals surface area contributed by atoms with Gasteiger partial charge in [-0.1, -0.05) is 29.8 Å². The molecule has 0 saturated carbocycles. The molecule has 0 heterocycles. The van der Waals surface area contributed by atoms with Gasteiger partial charge in [0.1, 0.15) is 11.6 Å². The molecular weight excluding hydrogens is 293 g/mol. The second-order valence-corrected chi connectivity index (χ2v) is 5.08. The van der Waals surface area contributed by atoms with E-state index in [9.17, 15) is 9.50 Å². The number of nitrogens with one attached hydrogen (secondary N) is 1. The van der Waals surface area contributed by atoms with Crippen molar-refractivity contribution in [1.82, 2.24) is 5.32 Å². The van der Waals surface area contributed by atoms with Crippen LogP contribution in [-0.2, 0) is 6.54 Å². The number of halogens is 2. The van der Waals surface area contributed by atoms with Crippen molar-refractivity contribution in [3.63, 3.8) is 0 Å². The standard InChI is InChI=1S/C16H17ClFNO2/c1-21-13-5-3-12(4-6-13)16(20)10-19-9-11-2-7-15(18)14(17)8-11/h2-8,16,19-20H,9-10H2,1H3. The van der Waals surface area contributed by atoms with E-state index in [-0.39, 0.29) is 5.02 Å². The molecule has 3 nitrogen and oxygen atoms in total. The average molecular weight is 310 g/mol. The molecule has 1 unspecified atom stereocenters. The summed E-state index contributed by atoms with van der Waals surface area (Å²) in [5.41, 5.74) is 1.67. The van der Waals surface area contributed by atoms with Crippen molar-refractivity contribution in [2.24, 2.45) is 0 Å². The van der Waals surface area contributed by atoms with E-state index in [1.165, 1.54) is 6.07 Å². The molecule has 5 heteroatoms. The van der Waals surface area contributed by atoms with Gasteiger partial charge in [-0.3, -0.25) is 0 Å². The van der Waals surface area contributed by atoms with Gasteiger partial charge in [-0.15, -0.1) is 0 Å². The molecule has 2 aromatic rings. The van der Waals surface area contributed by atoms with Crippen LogP contribution < -0.4 is 10.1 Å². The molecule has 2 N–H and O–H groups in total. The topological polar surface area (TPSA) is 41.5 Å². The van der Waals surface area contributed by atoms with Crippen molar-refractivity contribution in [3.8, 4) is 5.75 Å². The summed E-state index contributed by atoms with van der Waals surface area (Å²) in [6.07, 6.45) is -0.619. The highest BCUT2D eigenvalue weighted by atomic mass is 35.5. The molecule has 2 aromatic carbocycles. The van der Waals surface area contributed by atoms with Crippen molar-refractivity contribution in [1.29, 1.82) is 0 Å². The van der Waals surface area contributed by atoms with Gasteiger partial charge in [-0.2, -0.15) is 0 Å². The quantitative estimate of drug-likeness (QED) is 0.860. The first-order valence-electron chi connectivity index (χ1n) is 6.57. The summed E-state index contributed by atoms with van der Waals surface area (Å²) in [4.78, 5) is 0. The third-order valence-electron chi connectivity index (χ3n) is 3.15. The lowest BCUT2D eigenvalue weighted by Crippen LogP contribution is -2.21. The molecule has 2 rings (SSSR count). The minimum atomic E-state index is -0.619. The lowest BCUT2D eigenvalue weighted by atomic mass is 10.1. The van der Waals surface area contributed by atoms with Gasteiger partial charge in [0.2, 0.25) is 0 Å². The maximum absolute atomic E-state index is 13.0. The van der Waals surface area contributed by atoms with Gasteiger partial charge < -0.3 is 15.2 Å². The van der Waals surface area contributed by atoms with Crippen molar-refractivity contribution >= 4 is 11.6 Å². The zero-order chi connectivity index (χ0) is 15.2. The maximum atomic E-state index is 13.0. The monoisotopic (exact) mass is 309 g/mol. The summed E-state index contributed by atoms with van der Waals surface area (Å²) < 4.78 is 18.1. The lowest BCUT2D eigenvalue weighted by molar-refractivity contribution is 0.174. The largest absolute Gasteiger partial charge is 0.497 e. The molecule has 0 saturated heterocycles. The third-order valence-corrected chi connectivity index (χ3v) is 3.44. The normalized spacial score (nSPS) is 12.2. The summed E-state index contributed by atoms with van der Waals surface area (Å²) in [6, 6.07) is 11.8. The van der Waals surface area contributed by atoms with E-state index in [1.54, 1.807) is 31.4 Å². The molecule has 0 aliphatic carbocycles. The van der Waals surface area contributed by atoms with E-state index < -0.39 is 11.9 Å². The van der Waals surface area contributed by atoms with Gasteiger partial charge in [0.25, 0.3) is 0 Å². The second-order valence-electron chi connectivity index (χ2n) is 4.67. The summed E-state index contributed by atoms with van der Waals surface area (Å²) in [7, 11) is 1.60. The predicted octanol–water partition coefficient (Wildman–Crippen LogP) is 3.31. The molecule has 0 aliphatic heterocycles. The van der Waals surface area contributed by atoms with Crippen LogP contribution in [0.15, 0.2) is 42.5 Å². The average Bonchev–Trinajstić information content (AvgIpc) is 2.51. The minimum Gasteiger partial charge on any atom is -0.497 e. The summed E-state index contributed by atoms with van der Waals surface area (Å²) in [5, 5.41) is 13.3. The van der Waals surface area contributed by atoms with Crippen molar-refractivity contribution in [2.75, 3.05) is 13.7 Å². The smallest absolute Gasteiger partial charge is 0.141 e. The van der Waals surface area contributed by atoms with E-state index in [2.05, 4.69) is 5.32 Å². The Hall–Kier alpha value is -1.62. The Balaban J connectivity index is 1.85. The Labute approximate surface area is 128 Å². The van der Waals surface area contributed by atoms with Gasteiger partial charge in [-0.25, -0.2) is 4.39 Å². The lowest BCUT2D eigenvalue weighted by Gasteiger charge is -2.13. The Morgan fingerprint density at radius 1 is 1.24 bits per heavy atom. The van der Waals surface area contributed by atoms with E-state index in [1.807, 2.05) is 12.1 Å². The van der Waals surface area contributed by atoms with Crippen LogP contribution in [0, 0.1) is 5.82 Å². The molecule has 0 radical (unpaired) electrons. The van der Waals surface area contributed by atoms with Crippen molar-refractivity contribution in [2.45, 2.75) is 12.6 Å². The van der Waals surface area contributed by atoms with Gasteiger partial charge in [-0.05, 0) is 35.4 Å². The van der Waals surface area contributed by atoms with E-state index in [4.69, 9.17) is 16.3 Å². The summed E-state index contributed by atoms with van der Waals surface area (Å²) >= 11 is 5.72. The Kier molecular flexibility index (Phi) is 5.56. The van der Waals surface area contributed by atoms with Crippen molar-refractivity contribution in [3.05, 3.63) is 64.4 Å². The number of methoxy groups -OCH3 is 1. The molecule has 0 aliphatic rings. The molecule has 0 amide bonds. The van der Waals surface area contributed by atoms with Crippen LogP contribution in [0.4, 0.5) is 4.39 Å². The molecule has 21 heavy (non-hydrogen) atoms.